The number of morpholine rings is 1. The number of rotatable bonds is 2. The monoisotopic (exact) mass is 211 g/mol. The van der Waals surface area contributed by atoms with E-state index >= 15 is 0 Å². The lowest BCUT2D eigenvalue weighted by molar-refractivity contribution is 0.123. The number of benzene rings is 1. The van der Waals surface area contributed by atoms with Crippen LogP contribution in [0, 0.1) is 0 Å². The Balaban J connectivity index is 2.20. The van der Waals surface area contributed by atoms with Crippen molar-refractivity contribution in [3.63, 3.8) is 0 Å². The molecule has 0 aliphatic carbocycles. The van der Waals surface area contributed by atoms with Crippen molar-refractivity contribution < 1.29 is 4.74 Å². The van der Waals surface area contributed by atoms with E-state index < -0.39 is 0 Å². The van der Waals surface area contributed by atoms with Crippen molar-refractivity contribution in [1.29, 1.82) is 0 Å². The number of anilines is 2. The van der Waals surface area contributed by atoms with Crippen LogP contribution in [0.5, 0.6) is 0 Å². The zero-order valence-corrected chi connectivity index (χ0v) is 9.61. The van der Waals surface area contributed by atoms with Gasteiger partial charge in [-0.3, -0.25) is 5.09 Å². The molecule has 0 aromatic heterocycles. The zero-order valence-electron chi connectivity index (χ0n) is 8.20. The molecule has 1 aliphatic rings. The SMILES string of the molecule is [PH3+]Nc1ccccc1N1CCOCC1. The second-order valence-electron chi connectivity index (χ2n) is 3.29. The van der Waals surface area contributed by atoms with E-state index in [2.05, 4.69) is 34.3 Å². The van der Waals surface area contributed by atoms with Gasteiger partial charge in [0.05, 0.1) is 34.0 Å². The Morgan fingerprint density at radius 1 is 1.21 bits per heavy atom. The summed E-state index contributed by atoms with van der Waals surface area (Å²) in [5, 5.41) is 3.24. The van der Waals surface area contributed by atoms with Gasteiger partial charge in [-0.15, -0.1) is 0 Å². The summed E-state index contributed by atoms with van der Waals surface area (Å²) in [6, 6.07) is 8.40. The van der Waals surface area contributed by atoms with Crippen LogP contribution < -0.4 is 9.99 Å². The molecule has 76 valence electrons. The van der Waals surface area contributed by atoms with Crippen molar-refractivity contribution in [2.24, 2.45) is 0 Å². The van der Waals surface area contributed by atoms with Crippen LogP contribution >= 0.6 is 9.39 Å². The molecule has 14 heavy (non-hydrogen) atoms. The fraction of sp³-hybridized carbons (Fsp3) is 0.400. The van der Waals surface area contributed by atoms with Gasteiger partial charge in [-0.2, -0.15) is 0 Å². The number of ether oxygens (including phenoxy) is 1. The molecule has 1 atom stereocenters. The highest BCUT2D eigenvalue weighted by Gasteiger charge is 2.13. The summed E-state index contributed by atoms with van der Waals surface area (Å²) < 4.78 is 5.33. The zero-order chi connectivity index (χ0) is 9.80. The normalized spacial score (nSPS) is 17.0. The lowest BCUT2D eigenvalue weighted by Crippen LogP contribution is -2.36. The van der Waals surface area contributed by atoms with Crippen LogP contribution in [0.4, 0.5) is 11.4 Å². The number of nitrogens with one attached hydrogen (secondary N) is 1. The summed E-state index contributed by atoms with van der Waals surface area (Å²) in [4.78, 5) is 2.36. The van der Waals surface area contributed by atoms with E-state index in [-0.39, 0.29) is 0 Å². The Bertz CT molecular complexity index is 300. The van der Waals surface area contributed by atoms with Crippen molar-refractivity contribution in [3.05, 3.63) is 24.3 Å². The Morgan fingerprint density at radius 3 is 2.64 bits per heavy atom. The molecule has 1 unspecified atom stereocenters. The molecule has 4 heteroatoms. The van der Waals surface area contributed by atoms with Crippen LogP contribution in [0.15, 0.2) is 24.3 Å². The second-order valence-corrected chi connectivity index (χ2v) is 3.65. The molecular formula is C10H16N2OP+. The quantitative estimate of drug-likeness (QED) is 0.749. The van der Waals surface area contributed by atoms with Gasteiger partial charge in [0, 0.05) is 13.1 Å². The number of para-hydroxylation sites is 2. The average molecular weight is 211 g/mol. The van der Waals surface area contributed by atoms with Crippen LogP contribution in [-0.2, 0) is 4.74 Å². The molecule has 1 saturated heterocycles. The maximum atomic E-state index is 5.33. The third-order valence-electron chi connectivity index (χ3n) is 2.45. The minimum absolute atomic E-state index is 0.834. The molecule has 0 spiro atoms. The molecule has 0 bridgehead atoms. The second kappa shape index (κ2) is 4.63. The van der Waals surface area contributed by atoms with Gasteiger partial charge in [-0.05, 0) is 12.1 Å². The third kappa shape index (κ3) is 1.99. The van der Waals surface area contributed by atoms with E-state index in [1.165, 1.54) is 11.4 Å². The van der Waals surface area contributed by atoms with Crippen molar-refractivity contribution >= 4 is 20.8 Å². The van der Waals surface area contributed by atoms with Gasteiger partial charge in [-0.25, -0.2) is 0 Å². The number of hydrogen-bond acceptors (Lipinski definition) is 3. The van der Waals surface area contributed by atoms with Gasteiger partial charge in [0.1, 0.15) is 0 Å². The lowest BCUT2D eigenvalue weighted by atomic mass is 10.2. The van der Waals surface area contributed by atoms with E-state index in [0.717, 1.165) is 26.3 Å². The van der Waals surface area contributed by atoms with E-state index in [1.54, 1.807) is 9.39 Å². The molecule has 0 radical (unpaired) electrons. The summed E-state index contributed by atoms with van der Waals surface area (Å²) in [5.41, 5.74) is 2.48. The Hall–Kier alpha value is -0.790. The smallest absolute Gasteiger partial charge is 0.0925 e. The van der Waals surface area contributed by atoms with Crippen molar-refractivity contribution in [2.75, 3.05) is 36.3 Å². The van der Waals surface area contributed by atoms with E-state index in [1.807, 2.05) is 0 Å². The molecule has 1 N–H and O–H groups in total. The summed E-state index contributed by atoms with van der Waals surface area (Å²) in [5.74, 6) is 0. The highest BCUT2D eigenvalue weighted by Crippen LogP contribution is 2.26. The fourth-order valence-electron chi connectivity index (χ4n) is 1.70. The largest absolute Gasteiger partial charge is 0.378 e. The van der Waals surface area contributed by atoms with Gasteiger partial charge in [0.15, 0.2) is 0 Å². The van der Waals surface area contributed by atoms with Crippen molar-refractivity contribution in [2.45, 2.75) is 0 Å². The highest BCUT2D eigenvalue weighted by atomic mass is 31.0. The molecule has 1 fully saturated rings. The molecule has 2 rings (SSSR count). The van der Waals surface area contributed by atoms with Gasteiger partial charge in [0.25, 0.3) is 0 Å². The van der Waals surface area contributed by atoms with E-state index in [9.17, 15) is 0 Å². The Kier molecular flexibility index (Phi) is 3.22. The van der Waals surface area contributed by atoms with E-state index in [0.29, 0.717) is 0 Å². The topological polar surface area (TPSA) is 24.5 Å². The van der Waals surface area contributed by atoms with E-state index in [4.69, 9.17) is 4.74 Å². The lowest BCUT2D eigenvalue weighted by Gasteiger charge is -2.29. The van der Waals surface area contributed by atoms with Crippen LogP contribution in [0.3, 0.4) is 0 Å². The van der Waals surface area contributed by atoms with Crippen LogP contribution in [0.25, 0.3) is 0 Å². The molecule has 1 aromatic carbocycles. The minimum Gasteiger partial charge on any atom is -0.378 e. The standard InChI is InChI=1S/C10H15N2OP/c14-11-9-3-1-2-4-10(9)12-5-7-13-8-6-12/h1-4,11H,5-8,14H2/p+1. The molecule has 1 aliphatic heterocycles. The minimum atomic E-state index is 0.834. The first-order valence-electron chi connectivity index (χ1n) is 4.86. The molecule has 1 heterocycles. The van der Waals surface area contributed by atoms with Crippen molar-refractivity contribution in [3.8, 4) is 0 Å². The molecule has 1 aromatic rings. The summed E-state index contributed by atoms with van der Waals surface area (Å²) in [6.07, 6.45) is 0. The van der Waals surface area contributed by atoms with Gasteiger partial charge in [0.2, 0.25) is 0 Å². The molecule has 3 nitrogen and oxygen atoms in total. The number of hydrogen-bond donors (Lipinski definition) is 1. The van der Waals surface area contributed by atoms with Crippen LogP contribution in [0.2, 0.25) is 0 Å². The highest BCUT2D eigenvalue weighted by molar-refractivity contribution is 7.18. The average Bonchev–Trinajstić information content (AvgIpc) is 2.30. The van der Waals surface area contributed by atoms with Gasteiger partial charge >= 0.3 is 0 Å². The van der Waals surface area contributed by atoms with Crippen molar-refractivity contribution in [1.82, 2.24) is 0 Å². The van der Waals surface area contributed by atoms with Gasteiger partial charge in [-0.1, -0.05) is 12.1 Å². The summed E-state index contributed by atoms with van der Waals surface area (Å²) in [7, 11) is 1.76. The molecular weight excluding hydrogens is 195 g/mol. The first-order valence-corrected chi connectivity index (χ1v) is 5.57. The first kappa shape index (κ1) is 9.75. The Labute approximate surface area is 86.7 Å². The first-order chi connectivity index (χ1) is 6.92. The maximum Gasteiger partial charge on any atom is 0.0925 e. The Morgan fingerprint density at radius 2 is 1.93 bits per heavy atom. The summed E-state index contributed by atoms with van der Waals surface area (Å²) in [6.45, 7) is 3.64. The van der Waals surface area contributed by atoms with Gasteiger partial charge < -0.3 is 9.64 Å². The predicted octanol–water partition coefficient (Wildman–Crippen LogP) is 1.46. The number of nitrogens with zero attached hydrogens (tertiary/aromatic N) is 1. The third-order valence-corrected chi connectivity index (χ3v) is 2.83. The summed E-state index contributed by atoms with van der Waals surface area (Å²) >= 11 is 0. The maximum absolute atomic E-state index is 5.33. The van der Waals surface area contributed by atoms with Crippen LogP contribution in [0.1, 0.15) is 0 Å². The molecule has 0 saturated carbocycles. The fourth-order valence-corrected chi connectivity index (χ4v) is 2.00. The predicted molar refractivity (Wildman–Crippen MR) is 64.2 cm³/mol. The van der Waals surface area contributed by atoms with Crippen LogP contribution in [-0.4, -0.2) is 26.3 Å². The molecule has 0 amide bonds.